The average molecular weight is 293 g/mol. The number of rotatable bonds is 6. The maximum Gasteiger partial charge on any atom is 0.241 e. The van der Waals surface area contributed by atoms with Gasteiger partial charge in [0.15, 0.2) is 0 Å². The number of amides is 1. The third kappa shape index (κ3) is 3.60. The van der Waals surface area contributed by atoms with E-state index in [9.17, 15) is 9.18 Å². The molecular formula is C16H24FN3O. The highest BCUT2D eigenvalue weighted by molar-refractivity contribution is 5.84. The number of carbonyl (C=O) groups is 1. The number of halogens is 1. The van der Waals surface area contributed by atoms with Crippen LogP contribution in [0.1, 0.15) is 32.5 Å². The minimum atomic E-state index is -0.259. The standard InChI is InChI=1S/C16H24FN3O/c1-4-19(5-2)10-11-20-15(18-12(3)16(20)21)13-6-8-14(17)9-7-13/h6-9,12,15,18H,4-5,10-11H2,1-3H3. The van der Waals surface area contributed by atoms with Crippen LogP contribution in [0.3, 0.4) is 0 Å². The van der Waals surface area contributed by atoms with Crippen molar-refractivity contribution in [2.75, 3.05) is 26.2 Å². The SMILES string of the molecule is CCN(CC)CCN1C(=O)C(C)NC1c1ccc(F)cc1. The molecule has 2 atom stereocenters. The molecule has 4 nitrogen and oxygen atoms in total. The normalized spacial score (nSPS) is 22.3. The van der Waals surface area contributed by atoms with E-state index in [0.29, 0.717) is 6.54 Å². The Kier molecular flexibility index (Phi) is 5.31. The van der Waals surface area contributed by atoms with Crippen molar-refractivity contribution in [3.05, 3.63) is 35.6 Å². The highest BCUT2D eigenvalue weighted by atomic mass is 19.1. The summed E-state index contributed by atoms with van der Waals surface area (Å²) in [5.74, 6) is -0.151. The van der Waals surface area contributed by atoms with Crippen molar-refractivity contribution in [3.8, 4) is 0 Å². The lowest BCUT2D eigenvalue weighted by Gasteiger charge is -2.27. The summed E-state index contributed by atoms with van der Waals surface area (Å²) in [5, 5.41) is 3.28. The van der Waals surface area contributed by atoms with Gasteiger partial charge in [-0.15, -0.1) is 0 Å². The molecule has 0 spiro atoms. The lowest BCUT2D eigenvalue weighted by atomic mass is 10.1. The van der Waals surface area contributed by atoms with Crippen molar-refractivity contribution in [1.82, 2.24) is 15.1 Å². The second-order valence-electron chi connectivity index (χ2n) is 5.40. The molecule has 1 amide bonds. The Bertz CT molecular complexity index is 473. The summed E-state index contributed by atoms with van der Waals surface area (Å²) in [7, 11) is 0. The van der Waals surface area contributed by atoms with Gasteiger partial charge in [0.25, 0.3) is 0 Å². The second-order valence-corrected chi connectivity index (χ2v) is 5.40. The molecule has 1 saturated heterocycles. The molecule has 0 aromatic heterocycles. The van der Waals surface area contributed by atoms with Crippen LogP contribution in [0.15, 0.2) is 24.3 Å². The van der Waals surface area contributed by atoms with Crippen molar-refractivity contribution >= 4 is 5.91 Å². The fraction of sp³-hybridized carbons (Fsp3) is 0.562. The molecular weight excluding hydrogens is 269 g/mol. The first-order chi connectivity index (χ1) is 10.1. The van der Waals surface area contributed by atoms with Crippen molar-refractivity contribution in [2.24, 2.45) is 0 Å². The molecule has 0 saturated carbocycles. The fourth-order valence-corrected chi connectivity index (χ4v) is 2.72. The van der Waals surface area contributed by atoms with Crippen LogP contribution in [0, 0.1) is 5.82 Å². The third-order valence-electron chi connectivity index (χ3n) is 4.11. The van der Waals surface area contributed by atoms with Crippen molar-refractivity contribution in [2.45, 2.75) is 33.0 Å². The number of carbonyl (C=O) groups excluding carboxylic acids is 1. The van der Waals surface area contributed by atoms with E-state index in [1.54, 1.807) is 12.1 Å². The number of nitrogens with zero attached hydrogens (tertiary/aromatic N) is 2. The maximum atomic E-state index is 13.1. The molecule has 1 aliphatic rings. The Morgan fingerprint density at radius 2 is 1.86 bits per heavy atom. The van der Waals surface area contributed by atoms with Crippen LogP contribution in [0.2, 0.25) is 0 Å². The largest absolute Gasteiger partial charge is 0.320 e. The first-order valence-corrected chi connectivity index (χ1v) is 7.61. The maximum absolute atomic E-state index is 13.1. The van der Waals surface area contributed by atoms with Crippen molar-refractivity contribution in [1.29, 1.82) is 0 Å². The minimum Gasteiger partial charge on any atom is -0.320 e. The van der Waals surface area contributed by atoms with E-state index in [0.717, 1.165) is 25.2 Å². The molecule has 0 bridgehead atoms. The Labute approximate surface area is 125 Å². The summed E-state index contributed by atoms with van der Waals surface area (Å²) < 4.78 is 13.1. The van der Waals surface area contributed by atoms with Gasteiger partial charge in [0.1, 0.15) is 12.0 Å². The third-order valence-corrected chi connectivity index (χ3v) is 4.11. The van der Waals surface area contributed by atoms with Crippen LogP contribution in [0.4, 0.5) is 4.39 Å². The molecule has 0 radical (unpaired) electrons. The van der Waals surface area contributed by atoms with E-state index in [1.165, 1.54) is 12.1 Å². The van der Waals surface area contributed by atoms with Gasteiger partial charge in [-0.05, 0) is 37.7 Å². The van der Waals surface area contributed by atoms with Gasteiger partial charge < -0.3 is 9.80 Å². The highest BCUT2D eigenvalue weighted by Gasteiger charge is 2.36. The molecule has 1 fully saturated rings. The predicted molar refractivity (Wildman–Crippen MR) is 81.2 cm³/mol. The van der Waals surface area contributed by atoms with Gasteiger partial charge in [-0.1, -0.05) is 26.0 Å². The summed E-state index contributed by atoms with van der Waals surface area (Å²) >= 11 is 0. The van der Waals surface area contributed by atoms with Crippen molar-refractivity contribution < 1.29 is 9.18 Å². The number of nitrogens with one attached hydrogen (secondary N) is 1. The van der Waals surface area contributed by atoms with Gasteiger partial charge in [-0.2, -0.15) is 0 Å². The molecule has 1 aromatic carbocycles. The molecule has 1 aliphatic heterocycles. The van der Waals surface area contributed by atoms with E-state index in [4.69, 9.17) is 0 Å². The van der Waals surface area contributed by atoms with E-state index in [2.05, 4.69) is 24.1 Å². The number of hydrogen-bond acceptors (Lipinski definition) is 3. The Morgan fingerprint density at radius 1 is 1.24 bits per heavy atom. The van der Waals surface area contributed by atoms with Crippen LogP contribution in [0.25, 0.3) is 0 Å². The van der Waals surface area contributed by atoms with Gasteiger partial charge in [0.2, 0.25) is 5.91 Å². The second kappa shape index (κ2) is 7.00. The van der Waals surface area contributed by atoms with Gasteiger partial charge in [-0.25, -0.2) is 4.39 Å². The average Bonchev–Trinajstić information content (AvgIpc) is 2.77. The summed E-state index contributed by atoms with van der Waals surface area (Å²) in [4.78, 5) is 16.5. The Hall–Kier alpha value is -1.46. The topological polar surface area (TPSA) is 35.6 Å². The zero-order valence-corrected chi connectivity index (χ0v) is 13.0. The predicted octanol–water partition coefficient (Wildman–Crippen LogP) is 1.99. The van der Waals surface area contributed by atoms with E-state index in [1.807, 2.05) is 11.8 Å². The molecule has 1 heterocycles. The molecule has 116 valence electrons. The van der Waals surface area contributed by atoms with Gasteiger partial charge >= 0.3 is 0 Å². The first-order valence-electron chi connectivity index (χ1n) is 7.61. The molecule has 2 unspecified atom stereocenters. The molecule has 21 heavy (non-hydrogen) atoms. The molecule has 0 aliphatic carbocycles. The van der Waals surface area contributed by atoms with E-state index >= 15 is 0 Å². The first kappa shape index (κ1) is 15.9. The smallest absolute Gasteiger partial charge is 0.241 e. The van der Waals surface area contributed by atoms with E-state index < -0.39 is 0 Å². The summed E-state index contributed by atoms with van der Waals surface area (Å²) in [6.07, 6.45) is -0.163. The number of benzene rings is 1. The molecule has 1 N–H and O–H groups in total. The fourth-order valence-electron chi connectivity index (χ4n) is 2.72. The quantitative estimate of drug-likeness (QED) is 0.871. The lowest BCUT2D eigenvalue weighted by molar-refractivity contribution is -0.130. The summed E-state index contributed by atoms with van der Waals surface area (Å²) in [6, 6.07) is 6.16. The summed E-state index contributed by atoms with van der Waals surface area (Å²) in [5.41, 5.74) is 0.925. The molecule has 1 aromatic rings. The zero-order chi connectivity index (χ0) is 15.4. The summed E-state index contributed by atoms with van der Waals surface area (Å²) in [6.45, 7) is 9.59. The highest BCUT2D eigenvalue weighted by Crippen LogP contribution is 2.25. The van der Waals surface area contributed by atoms with Gasteiger partial charge in [-0.3, -0.25) is 10.1 Å². The van der Waals surface area contributed by atoms with Crippen LogP contribution >= 0.6 is 0 Å². The molecule has 5 heteroatoms. The van der Waals surface area contributed by atoms with Crippen molar-refractivity contribution in [3.63, 3.8) is 0 Å². The van der Waals surface area contributed by atoms with Crippen LogP contribution in [-0.4, -0.2) is 47.9 Å². The van der Waals surface area contributed by atoms with E-state index in [-0.39, 0.29) is 23.9 Å². The van der Waals surface area contributed by atoms with Gasteiger partial charge in [0, 0.05) is 13.1 Å². The van der Waals surface area contributed by atoms with Crippen LogP contribution < -0.4 is 5.32 Å². The number of likely N-dealkylation sites (N-methyl/N-ethyl adjacent to an activating group) is 1. The van der Waals surface area contributed by atoms with Crippen LogP contribution in [-0.2, 0) is 4.79 Å². The zero-order valence-electron chi connectivity index (χ0n) is 13.0. The minimum absolute atomic E-state index is 0.108. The monoisotopic (exact) mass is 293 g/mol. The molecule has 2 rings (SSSR count). The Morgan fingerprint density at radius 3 is 2.43 bits per heavy atom. The number of hydrogen-bond donors (Lipinski definition) is 1. The Balaban J connectivity index is 2.11. The van der Waals surface area contributed by atoms with Gasteiger partial charge in [0.05, 0.1) is 6.04 Å². The lowest BCUT2D eigenvalue weighted by Crippen LogP contribution is -2.38. The van der Waals surface area contributed by atoms with Crippen LogP contribution in [0.5, 0.6) is 0 Å².